The molecule has 0 unspecified atom stereocenters. The molecule has 0 aliphatic carbocycles. The van der Waals surface area contributed by atoms with Gasteiger partial charge in [-0.25, -0.2) is 14.4 Å². The number of nitrogens with one attached hydrogen (secondary N) is 2. The highest BCUT2D eigenvalue weighted by Gasteiger charge is 2.42. The van der Waals surface area contributed by atoms with Gasteiger partial charge in [-0.1, -0.05) is 6.07 Å². The number of piperidine rings is 1. The van der Waals surface area contributed by atoms with Crippen LogP contribution in [0.5, 0.6) is 0 Å². The number of hydrogen-bond donors (Lipinski definition) is 3. The summed E-state index contributed by atoms with van der Waals surface area (Å²) in [4.78, 5) is 43.0. The van der Waals surface area contributed by atoms with E-state index in [2.05, 4.69) is 20.6 Å². The molecule has 10 heteroatoms. The van der Waals surface area contributed by atoms with Crippen LogP contribution in [0.25, 0.3) is 0 Å². The van der Waals surface area contributed by atoms with E-state index < -0.39 is 5.54 Å². The normalized spacial score (nSPS) is 14.8. The lowest BCUT2D eigenvalue weighted by atomic mass is 9.86. The number of halogens is 1. The molecule has 0 atom stereocenters. The second-order valence-electron chi connectivity index (χ2n) is 6.27. The van der Waals surface area contributed by atoms with Gasteiger partial charge in [-0.15, -0.1) is 0 Å². The summed E-state index contributed by atoms with van der Waals surface area (Å²) in [5.74, 6) is -0.694. The number of hydrogen-bond acceptors (Lipinski definition) is 6. The number of anilines is 1. The van der Waals surface area contributed by atoms with Crippen LogP contribution in [0.15, 0.2) is 42.7 Å². The summed E-state index contributed by atoms with van der Waals surface area (Å²) < 4.78 is 13.5. The Hall–Kier alpha value is -3.56. The highest BCUT2D eigenvalue weighted by molar-refractivity contribution is 5.92. The molecule has 1 fully saturated rings. The maximum absolute atomic E-state index is 13.5. The van der Waals surface area contributed by atoms with E-state index >= 15 is 0 Å². The van der Waals surface area contributed by atoms with Gasteiger partial charge in [-0.05, 0) is 37.1 Å². The van der Waals surface area contributed by atoms with Gasteiger partial charge in [-0.3, -0.25) is 14.4 Å². The van der Waals surface area contributed by atoms with Crippen LogP contribution in [0.4, 0.5) is 10.1 Å². The summed E-state index contributed by atoms with van der Waals surface area (Å²) in [6.45, 7) is 0.486. The van der Waals surface area contributed by atoms with Crippen LogP contribution in [0.2, 0.25) is 0 Å². The third-order valence-electron chi connectivity index (χ3n) is 4.53. The Kier molecular flexibility index (Phi) is 7.58. The van der Waals surface area contributed by atoms with Crippen molar-refractivity contribution >= 4 is 24.0 Å². The van der Waals surface area contributed by atoms with E-state index in [1.807, 2.05) is 0 Å². The van der Waals surface area contributed by atoms with Crippen LogP contribution >= 0.6 is 0 Å². The molecule has 29 heavy (non-hydrogen) atoms. The van der Waals surface area contributed by atoms with E-state index in [4.69, 9.17) is 9.90 Å². The molecule has 9 nitrogen and oxygen atoms in total. The largest absolute Gasteiger partial charge is 0.483 e. The number of aromatic nitrogens is 2. The predicted molar refractivity (Wildman–Crippen MR) is 103 cm³/mol. The van der Waals surface area contributed by atoms with Gasteiger partial charge in [0.15, 0.2) is 0 Å². The minimum Gasteiger partial charge on any atom is -0.483 e. The minimum atomic E-state index is -0.906. The van der Waals surface area contributed by atoms with Crippen LogP contribution in [-0.4, -0.2) is 63.9 Å². The Morgan fingerprint density at radius 1 is 1.21 bits per heavy atom. The fourth-order valence-electron chi connectivity index (χ4n) is 3.13. The lowest BCUT2D eigenvalue weighted by molar-refractivity contribution is -0.126. The molecule has 0 bridgehead atoms. The topological polar surface area (TPSA) is 125 Å². The second kappa shape index (κ2) is 10.1. The molecule has 2 heterocycles. The van der Waals surface area contributed by atoms with Crippen LogP contribution in [-0.2, 0) is 9.59 Å². The molecule has 1 aliphatic rings. The van der Waals surface area contributed by atoms with Crippen LogP contribution < -0.4 is 10.6 Å². The number of carbonyl (C=O) groups is 3. The maximum Gasteiger partial charge on any atom is 0.291 e. The van der Waals surface area contributed by atoms with Gasteiger partial charge >= 0.3 is 0 Å². The fraction of sp³-hybridized carbons (Fsp3) is 0.316. The third-order valence-corrected chi connectivity index (χ3v) is 4.53. The van der Waals surface area contributed by atoms with Crippen LogP contribution in [0, 0.1) is 5.82 Å². The standard InChI is InChI=1S/C18H20FN5O2.CH2O2/c1-20-17(26)18(23-14-5-2-4-13(19)12-14)6-10-24(11-7-18)16(25)15-21-8-3-9-22-15;2-1-3/h2-5,8-9,12,23H,6-7,10-11H2,1H3,(H,20,26);1H,(H,2,3). The molecule has 1 aromatic heterocycles. The Bertz CT molecular complexity index is 842. The predicted octanol–water partition coefficient (Wildman–Crippen LogP) is 1.15. The highest BCUT2D eigenvalue weighted by Crippen LogP contribution is 2.28. The van der Waals surface area contributed by atoms with Crippen molar-refractivity contribution in [1.29, 1.82) is 0 Å². The number of nitrogens with zero attached hydrogens (tertiary/aromatic N) is 3. The number of rotatable bonds is 4. The second-order valence-corrected chi connectivity index (χ2v) is 6.27. The van der Waals surface area contributed by atoms with Gasteiger partial charge in [0.25, 0.3) is 12.4 Å². The van der Waals surface area contributed by atoms with E-state index in [1.54, 1.807) is 30.1 Å². The Morgan fingerprint density at radius 2 is 1.83 bits per heavy atom. The molecule has 1 aliphatic heterocycles. The SMILES string of the molecule is CNC(=O)C1(Nc2cccc(F)c2)CCN(C(=O)c2ncccn2)CC1.O=CO. The Morgan fingerprint density at radius 3 is 2.38 bits per heavy atom. The van der Waals surface area contributed by atoms with Gasteiger partial charge in [0.05, 0.1) is 0 Å². The van der Waals surface area contributed by atoms with Gasteiger partial charge in [0, 0.05) is 38.2 Å². The molecule has 1 aromatic carbocycles. The zero-order chi connectivity index (χ0) is 21.3. The van der Waals surface area contributed by atoms with E-state index in [1.165, 1.54) is 24.5 Å². The smallest absolute Gasteiger partial charge is 0.291 e. The van der Waals surface area contributed by atoms with Gasteiger partial charge in [0.2, 0.25) is 11.7 Å². The van der Waals surface area contributed by atoms with Gasteiger partial charge in [0.1, 0.15) is 11.4 Å². The molecule has 2 aromatic rings. The van der Waals surface area contributed by atoms with Crippen molar-refractivity contribution in [3.8, 4) is 0 Å². The van der Waals surface area contributed by atoms with Crippen molar-refractivity contribution in [2.75, 3.05) is 25.5 Å². The molecule has 154 valence electrons. The molecular weight excluding hydrogens is 381 g/mol. The summed E-state index contributed by atoms with van der Waals surface area (Å²) in [6.07, 6.45) is 3.82. The zero-order valence-electron chi connectivity index (χ0n) is 15.8. The Labute approximate surface area is 167 Å². The fourth-order valence-corrected chi connectivity index (χ4v) is 3.13. The van der Waals surface area contributed by atoms with Gasteiger partial charge in [-0.2, -0.15) is 0 Å². The van der Waals surface area contributed by atoms with Crippen molar-refractivity contribution in [2.45, 2.75) is 18.4 Å². The lowest BCUT2D eigenvalue weighted by Crippen LogP contribution is -2.58. The zero-order valence-corrected chi connectivity index (χ0v) is 15.8. The number of benzene rings is 1. The average molecular weight is 403 g/mol. The van der Waals surface area contributed by atoms with Crippen molar-refractivity contribution in [3.05, 3.63) is 54.4 Å². The first-order chi connectivity index (χ1) is 14.0. The van der Waals surface area contributed by atoms with E-state index in [0.717, 1.165) is 0 Å². The number of carboxylic acid groups (broad SMARTS) is 1. The minimum absolute atomic E-state index is 0.137. The molecule has 0 spiro atoms. The monoisotopic (exact) mass is 403 g/mol. The van der Waals surface area contributed by atoms with Crippen molar-refractivity contribution in [1.82, 2.24) is 20.2 Å². The van der Waals surface area contributed by atoms with Crippen LogP contribution in [0.3, 0.4) is 0 Å². The molecule has 1 saturated heterocycles. The van der Waals surface area contributed by atoms with Gasteiger partial charge < -0.3 is 20.6 Å². The number of likely N-dealkylation sites (tertiary alicyclic amines) is 1. The summed E-state index contributed by atoms with van der Waals surface area (Å²) in [6, 6.07) is 7.63. The summed E-state index contributed by atoms with van der Waals surface area (Å²) >= 11 is 0. The van der Waals surface area contributed by atoms with E-state index in [-0.39, 0.29) is 29.9 Å². The van der Waals surface area contributed by atoms with E-state index in [9.17, 15) is 14.0 Å². The molecular formula is C19H22FN5O4. The molecule has 0 saturated carbocycles. The molecule has 3 N–H and O–H groups in total. The average Bonchev–Trinajstić information content (AvgIpc) is 2.74. The Balaban J connectivity index is 0.000000941. The first-order valence-electron chi connectivity index (χ1n) is 8.86. The first-order valence-corrected chi connectivity index (χ1v) is 8.86. The molecule has 0 radical (unpaired) electrons. The maximum atomic E-state index is 13.5. The summed E-state index contributed by atoms with van der Waals surface area (Å²) in [5.41, 5.74) is -0.378. The number of amides is 2. The van der Waals surface area contributed by atoms with Crippen molar-refractivity contribution < 1.29 is 23.9 Å². The van der Waals surface area contributed by atoms with E-state index in [0.29, 0.717) is 31.6 Å². The van der Waals surface area contributed by atoms with Crippen LogP contribution in [0.1, 0.15) is 23.5 Å². The molecule has 2 amide bonds. The number of likely N-dealkylation sites (N-methyl/N-ethyl adjacent to an activating group) is 1. The number of carbonyl (C=O) groups excluding carboxylic acids is 2. The van der Waals surface area contributed by atoms with Crippen molar-refractivity contribution in [2.24, 2.45) is 0 Å². The third kappa shape index (κ3) is 5.47. The summed E-state index contributed by atoms with van der Waals surface area (Å²) in [5, 5.41) is 12.7. The quantitative estimate of drug-likeness (QED) is 0.654. The van der Waals surface area contributed by atoms with Crippen molar-refractivity contribution in [3.63, 3.8) is 0 Å². The lowest BCUT2D eigenvalue weighted by Gasteiger charge is -2.41. The highest BCUT2D eigenvalue weighted by atomic mass is 19.1. The molecule has 3 rings (SSSR count). The first kappa shape index (κ1) is 21.7. The summed E-state index contributed by atoms with van der Waals surface area (Å²) in [7, 11) is 1.56.